The maximum atomic E-state index is 12.6. The van der Waals surface area contributed by atoms with Crippen LogP contribution in [0.4, 0.5) is 0 Å². The molecule has 0 radical (unpaired) electrons. The summed E-state index contributed by atoms with van der Waals surface area (Å²) in [7, 11) is 1.28. The summed E-state index contributed by atoms with van der Waals surface area (Å²) in [6.45, 7) is 3.43. The van der Waals surface area contributed by atoms with Gasteiger partial charge >= 0.3 is 5.97 Å². The Labute approximate surface area is 199 Å². The Morgan fingerprint density at radius 3 is 2.44 bits per heavy atom. The zero-order chi connectivity index (χ0) is 23.7. The van der Waals surface area contributed by atoms with Crippen molar-refractivity contribution in [3.63, 3.8) is 0 Å². The lowest BCUT2D eigenvalue weighted by atomic mass is 10.0. The van der Waals surface area contributed by atoms with Crippen LogP contribution in [0.25, 0.3) is 0 Å². The molecule has 1 unspecified atom stereocenters. The Hall–Kier alpha value is -2.91. The molecule has 0 aliphatic heterocycles. The van der Waals surface area contributed by atoms with Crippen molar-refractivity contribution in [3.8, 4) is 5.75 Å². The number of carbonyl (C=O) groups is 3. The van der Waals surface area contributed by atoms with Crippen LogP contribution in [0.15, 0.2) is 52.0 Å². The number of amides is 2. The first-order valence-corrected chi connectivity index (χ1v) is 10.8. The van der Waals surface area contributed by atoms with E-state index in [9.17, 15) is 14.4 Å². The number of ether oxygens (including phenoxy) is 2. The van der Waals surface area contributed by atoms with Crippen LogP contribution < -0.4 is 15.5 Å². The number of carbonyl (C=O) groups excluding carboxylic acids is 3. The molecular weight excluding hydrogens is 502 g/mol. The fraction of sp³-hybridized carbons (Fsp3) is 0.273. The van der Waals surface area contributed by atoms with E-state index in [1.807, 2.05) is 13.8 Å². The lowest BCUT2D eigenvalue weighted by molar-refractivity contribution is -0.142. The van der Waals surface area contributed by atoms with Crippen molar-refractivity contribution in [2.24, 2.45) is 11.0 Å². The summed E-state index contributed by atoms with van der Waals surface area (Å²) in [5.41, 5.74) is 3.52. The number of hydrazone groups is 1. The van der Waals surface area contributed by atoms with Crippen LogP contribution >= 0.6 is 27.5 Å². The van der Waals surface area contributed by atoms with Gasteiger partial charge in [-0.05, 0) is 69.9 Å². The molecule has 8 nitrogen and oxygen atoms in total. The molecule has 1 atom stereocenters. The molecule has 0 saturated carbocycles. The van der Waals surface area contributed by atoms with Crippen molar-refractivity contribution in [3.05, 3.63) is 63.1 Å². The SMILES string of the molecule is COC(=O)COc1ccc(/C=N\NC(=O)C(NC(=O)c2ccc(Cl)cc2)C(C)C)cc1Br. The molecule has 10 heteroatoms. The van der Waals surface area contributed by atoms with Crippen molar-refractivity contribution in [1.82, 2.24) is 10.7 Å². The molecule has 2 aromatic rings. The monoisotopic (exact) mass is 523 g/mol. The maximum absolute atomic E-state index is 12.6. The summed E-state index contributed by atoms with van der Waals surface area (Å²) >= 11 is 9.20. The molecule has 0 saturated heterocycles. The van der Waals surface area contributed by atoms with Gasteiger partial charge < -0.3 is 14.8 Å². The molecule has 0 spiro atoms. The average Bonchev–Trinajstić information content (AvgIpc) is 2.76. The molecule has 2 aromatic carbocycles. The minimum absolute atomic E-state index is 0.165. The van der Waals surface area contributed by atoms with Gasteiger partial charge in [-0.2, -0.15) is 5.10 Å². The van der Waals surface area contributed by atoms with Crippen molar-refractivity contribution >= 4 is 51.5 Å². The first-order chi connectivity index (χ1) is 15.2. The van der Waals surface area contributed by atoms with Crippen molar-refractivity contribution in [2.45, 2.75) is 19.9 Å². The lowest BCUT2D eigenvalue weighted by Crippen LogP contribution is -2.48. The smallest absolute Gasteiger partial charge is 0.343 e. The second-order valence-electron chi connectivity index (χ2n) is 6.99. The van der Waals surface area contributed by atoms with E-state index in [2.05, 4.69) is 36.5 Å². The maximum Gasteiger partial charge on any atom is 0.343 e. The summed E-state index contributed by atoms with van der Waals surface area (Å²) in [6, 6.07) is 10.7. The van der Waals surface area contributed by atoms with Gasteiger partial charge in [-0.25, -0.2) is 10.2 Å². The molecule has 0 aromatic heterocycles. The fourth-order valence-electron chi connectivity index (χ4n) is 2.51. The van der Waals surface area contributed by atoms with Gasteiger partial charge in [0.2, 0.25) is 0 Å². The highest BCUT2D eigenvalue weighted by Gasteiger charge is 2.24. The number of esters is 1. The number of methoxy groups -OCH3 is 1. The minimum atomic E-state index is -0.781. The summed E-state index contributed by atoms with van der Waals surface area (Å²) in [5.74, 6) is -1.03. The molecule has 0 bridgehead atoms. The minimum Gasteiger partial charge on any atom is -0.481 e. The number of halogens is 2. The van der Waals surface area contributed by atoms with Gasteiger partial charge in [0, 0.05) is 10.6 Å². The second kappa shape index (κ2) is 12.2. The number of hydrogen-bond acceptors (Lipinski definition) is 6. The standard InChI is InChI=1S/C22H23BrClN3O5/c1-13(2)20(26-21(29)15-5-7-16(24)8-6-15)22(30)27-25-11-14-4-9-18(17(23)10-14)32-12-19(28)31-3/h4-11,13,20H,12H2,1-3H3,(H,26,29)(H,27,30)/b25-11-. The van der Waals surface area contributed by atoms with E-state index < -0.39 is 17.9 Å². The highest BCUT2D eigenvalue weighted by molar-refractivity contribution is 9.10. The topological polar surface area (TPSA) is 106 Å². The number of hydrogen-bond donors (Lipinski definition) is 2. The molecule has 0 aliphatic rings. The third-order valence-electron chi connectivity index (χ3n) is 4.26. The normalized spacial score (nSPS) is 11.8. The molecular formula is C22H23BrClN3O5. The zero-order valence-corrected chi connectivity index (χ0v) is 20.1. The van der Waals surface area contributed by atoms with E-state index in [1.54, 1.807) is 42.5 Å². The zero-order valence-electron chi connectivity index (χ0n) is 17.7. The predicted molar refractivity (Wildman–Crippen MR) is 125 cm³/mol. The summed E-state index contributed by atoms with van der Waals surface area (Å²) < 4.78 is 10.5. The van der Waals surface area contributed by atoms with Gasteiger partial charge in [0.25, 0.3) is 11.8 Å². The Kier molecular flexibility index (Phi) is 9.67. The second-order valence-corrected chi connectivity index (χ2v) is 8.28. The quantitative estimate of drug-likeness (QED) is 0.296. The highest BCUT2D eigenvalue weighted by atomic mass is 79.9. The van der Waals surface area contributed by atoms with Gasteiger partial charge in [0.1, 0.15) is 11.8 Å². The summed E-state index contributed by atoms with van der Waals surface area (Å²) in [6.07, 6.45) is 1.45. The molecule has 0 aliphatic carbocycles. The molecule has 32 heavy (non-hydrogen) atoms. The first-order valence-electron chi connectivity index (χ1n) is 9.59. The Bertz CT molecular complexity index is 996. The van der Waals surface area contributed by atoms with Gasteiger partial charge in [0.15, 0.2) is 6.61 Å². The van der Waals surface area contributed by atoms with Gasteiger partial charge in [0.05, 0.1) is 17.8 Å². The van der Waals surface area contributed by atoms with E-state index in [0.29, 0.717) is 26.4 Å². The number of benzene rings is 2. The van der Waals surface area contributed by atoms with Crippen LogP contribution in [0.2, 0.25) is 5.02 Å². The number of nitrogens with zero attached hydrogens (tertiary/aromatic N) is 1. The summed E-state index contributed by atoms with van der Waals surface area (Å²) in [4.78, 5) is 36.2. The Morgan fingerprint density at radius 1 is 1.16 bits per heavy atom. The highest BCUT2D eigenvalue weighted by Crippen LogP contribution is 2.25. The van der Waals surface area contributed by atoms with Gasteiger partial charge in [-0.3, -0.25) is 9.59 Å². The Balaban J connectivity index is 1.97. The predicted octanol–water partition coefficient (Wildman–Crippen LogP) is 3.56. The molecule has 2 N–H and O–H groups in total. The van der Waals surface area contributed by atoms with Crippen LogP contribution in [-0.4, -0.2) is 43.8 Å². The van der Waals surface area contributed by atoms with Gasteiger partial charge in [-0.15, -0.1) is 0 Å². The van der Waals surface area contributed by atoms with E-state index >= 15 is 0 Å². The molecule has 2 amide bonds. The Morgan fingerprint density at radius 2 is 1.84 bits per heavy atom. The molecule has 0 fully saturated rings. The van der Waals surface area contributed by atoms with E-state index in [4.69, 9.17) is 16.3 Å². The van der Waals surface area contributed by atoms with Crippen molar-refractivity contribution in [2.75, 3.05) is 13.7 Å². The third-order valence-corrected chi connectivity index (χ3v) is 5.13. The average molecular weight is 525 g/mol. The lowest BCUT2D eigenvalue weighted by Gasteiger charge is -2.20. The van der Waals surface area contributed by atoms with E-state index in [-0.39, 0.29) is 18.4 Å². The van der Waals surface area contributed by atoms with Crippen molar-refractivity contribution in [1.29, 1.82) is 0 Å². The fourth-order valence-corrected chi connectivity index (χ4v) is 3.15. The van der Waals surface area contributed by atoms with Crippen LogP contribution in [0.5, 0.6) is 5.75 Å². The van der Waals surface area contributed by atoms with Gasteiger partial charge in [-0.1, -0.05) is 25.4 Å². The number of nitrogens with one attached hydrogen (secondary N) is 2. The van der Waals surface area contributed by atoms with E-state index in [0.717, 1.165) is 0 Å². The molecule has 2 rings (SSSR count). The van der Waals surface area contributed by atoms with E-state index in [1.165, 1.54) is 13.3 Å². The van der Waals surface area contributed by atoms with Crippen LogP contribution in [0.1, 0.15) is 29.8 Å². The van der Waals surface area contributed by atoms with Crippen molar-refractivity contribution < 1.29 is 23.9 Å². The van der Waals surface area contributed by atoms with Crippen LogP contribution in [0, 0.1) is 5.92 Å². The summed E-state index contributed by atoms with van der Waals surface area (Å²) in [5, 5.41) is 7.20. The van der Waals surface area contributed by atoms with Crippen LogP contribution in [0.3, 0.4) is 0 Å². The van der Waals surface area contributed by atoms with Crippen LogP contribution in [-0.2, 0) is 14.3 Å². The number of rotatable bonds is 9. The molecule has 170 valence electrons. The molecule has 0 heterocycles. The largest absolute Gasteiger partial charge is 0.481 e. The third kappa shape index (κ3) is 7.65. The first kappa shape index (κ1) is 25.4.